The van der Waals surface area contributed by atoms with Crippen molar-refractivity contribution in [2.24, 2.45) is 7.05 Å². The molecule has 0 saturated heterocycles. The number of ether oxygens (including phenoxy) is 1. The second-order valence-electron chi connectivity index (χ2n) is 8.75. The Kier molecular flexibility index (Phi) is 6.72. The van der Waals surface area contributed by atoms with E-state index in [0.717, 1.165) is 33.5 Å². The third kappa shape index (κ3) is 4.89. The zero-order valence-electron chi connectivity index (χ0n) is 19.6. The first-order valence-corrected chi connectivity index (χ1v) is 11.2. The highest BCUT2D eigenvalue weighted by atomic mass is 16.5. The topological polar surface area (TPSA) is 50.8 Å². The lowest BCUT2D eigenvalue weighted by Crippen LogP contribution is -2.11. The van der Waals surface area contributed by atoms with Crippen LogP contribution in [0.3, 0.4) is 0 Å². The molecule has 0 amide bonds. The number of hydrogen-bond donors (Lipinski definition) is 0. The van der Waals surface area contributed by atoms with E-state index in [0.29, 0.717) is 18.1 Å². The van der Waals surface area contributed by atoms with Crippen LogP contribution >= 0.6 is 0 Å². The molecule has 0 radical (unpaired) electrons. The van der Waals surface area contributed by atoms with Crippen molar-refractivity contribution in [3.05, 3.63) is 113 Å². The van der Waals surface area contributed by atoms with Gasteiger partial charge in [0.15, 0.2) is 0 Å². The number of imidazole rings is 1. The first-order chi connectivity index (χ1) is 16.0. The van der Waals surface area contributed by atoms with Gasteiger partial charge in [0.05, 0.1) is 36.5 Å². The molecule has 4 heteroatoms. The minimum Gasteiger partial charge on any atom is -0.363 e. The van der Waals surface area contributed by atoms with E-state index in [2.05, 4.69) is 74.3 Å². The first kappa shape index (κ1) is 22.5. The lowest BCUT2D eigenvalue weighted by molar-refractivity contribution is 0.0622. The van der Waals surface area contributed by atoms with E-state index in [1.165, 1.54) is 5.56 Å². The summed E-state index contributed by atoms with van der Waals surface area (Å²) in [6.07, 6.45) is 3.32. The smallest absolute Gasteiger partial charge is 0.124 e. The molecule has 0 bridgehead atoms. The number of nitrogens with zero attached hydrogens (tertiary/aromatic N) is 3. The van der Waals surface area contributed by atoms with Gasteiger partial charge < -0.3 is 9.30 Å². The van der Waals surface area contributed by atoms with Gasteiger partial charge >= 0.3 is 0 Å². The van der Waals surface area contributed by atoms with Crippen LogP contribution in [0.5, 0.6) is 0 Å². The molecule has 4 aromatic rings. The molecule has 0 aliphatic rings. The summed E-state index contributed by atoms with van der Waals surface area (Å²) in [6, 6.07) is 25.1. The number of aryl methyl sites for hydroxylation is 2. The minimum atomic E-state index is -0.308. The van der Waals surface area contributed by atoms with E-state index in [1.54, 1.807) is 6.33 Å². The van der Waals surface area contributed by atoms with E-state index in [-0.39, 0.29) is 6.10 Å². The summed E-state index contributed by atoms with van der Waals surface area (Å²) in [4.78, 5) is 4.31. The highest BCUT2D eigenvalue weighted by molar-refractivity contribution is 5.74. The van der Waals surface area contributed by atoms with Crippen LogP contribution in [0.2, 0.25) is 0 Å². The standard InChI is InChI=1S/C29H29N3O/c1-20(2)23-11-9-22(10-12-23)18-33-29(28-17-31-19-32(28)4)24-13-14-25(16-30)27(15-24)26-8-6-5-7-21(26)3/h5-15,17,19-20,29H,18H2,1-4H3/t29-/m1/s1. The minimum absolute atomic E-state index is 0.308. The van der Waals surface area contributed by atoms with Crippen molar-refractivity contribution >= 4 is 0 Å². The van der Waals surface area contributed by atoms with Crippen LogP contribution in [0.1, 0.15) is 59.4 Å². The van der Waals surface area contributed by atoms with Gasteiger partial charge in [-0.25, -0.2) is 4.98 Å². The van der Waals surface area contributed by atoms with Crippen LogP contribution < -0.4 is 0 Å². The second-order valence-corrected chi connectivity index (χ2v) is 8.75. The Balaban J connectivity index is 1.71. The molecule has 3 aromatic carbocycles. The average Bonchev–Trinajstić information content (AvgIpc) is 3.25. The number of aromatic nitrogens is 2. The summed E-state index contributed by atoms with van der Waals surface area (Å²) < 4.78 is 8.47. The maximum absolute atomic E-state index is 9.75. The van der Waals surface area contributed by atoms with Crippen molar-refractivity contribution in [2.75, 3.05) is 0 Å². The molecule has 4 rings (SSSR count). The molecule has 166 valence electrons. The van der Waals surface area contributed by atoms with E-state index in [1.807, 2.05) is 42.1 Å². The Morgan fingerprint density at radius 1 is 0.970 bits per heavy atom. The van der Waals surface area contributed by atoms with Gasteiger partial charge in [0.25, 0.3) is 0 Å². The molecule has 1 heterocycles. The predicted molar refractivity (Wildman–Crippen MR) is 132 cm³/mol. The van der Waals surface area contributed by atoms with Gasteiger partial charge in [-0.15, -0.1) is 0 Å². The van der Waals surface area contributed by atoms with Gasteiger partial charge in [-0.05, 0) is 52.8 Å². The van der Waals surface area contributed by atoms with Crippen LogP contribution in [0.15, 0.2) is 79.3 Å². The summed E-state index contributed by atoms with van der Waals surface area (Å²) in [5.74, 6) is 0.501. The van der Waals surface area contributed by atoms with Crippen LogP contribution in [0.25, 0.3) is 11.1 Å². The molecule has 0 unspecified atom stereocenters. The lowest BCUT2D eigenvalue weighted by atomic mass is 9.93. The van der Waals surface area contributed by atoms with Gasteiger partial charge in [0.2, 0.25) is 0 Å². The van der Waals surface area contributed by atoms with Crippen LogP contribution in [0, 0.1) is 18.3 Å². The zero-order valence-corrected chi connectivity index (χ0v) is 19.6. The van der Waals surface area contributed by atoms with E-state index in [9.17, 15) is 5.26 Å². The molecule has 1 aromatic heterocycles. The molecule has 0 spiro atoms. The monoisotopic (exact) mass is 435 g/mol. The van der Waals surface area contributed by atoms with Crippen molar-refractivity contribution in [1.29, 1.82) is 5.26 Å². The molecule has 0 aliphatic carbocycles. The first-order valence-electron chi connectivity index (χ1n) is 11.2. The van der Waals surface area contributed by atoms with Crippen molar-refractivity contribution in [2.45, 2.75) is 39.4 Å². The summed E-state index contributed by atoms with van der Waals surface area (Å²) >= 11 is 0. The predicted octanol–water partition coefficient (Wildman–Crippen LogP) is 6.70. The number of nitriles is 1. The fourth-order valence-corrected chi connectivity index (χ4v) is 4.07. The van der Waals surface area contributed by atoms with Gasteiger partial charge in [-0.2, -0.15) is 5.26 Å². The average molecular weight is 436 g/mol. The summed E-state index contributed by atoms with van der Waals surface area (Å²) in [5.41, 5.74) is 8.17. The molecule has 4 nitrogen and oxygen atoms in total. The molecule has 33 heavy (non-hydrogen) atoms. The van der Waals surface area contributed by atoms with E-state index >= 15 is 0 Å². The van der Waals surface area contributed by atoms with Gasteiger partial charge in [-0.1, -0.05) is 68.4 Å². The highest BCUT2D eigenvalue weighted by Crippen LogP contribution is 2.33. The van der Waals surface area contributed by atoms with E-state index < -0.39 is 0 Å². The Morgan fingerprint density at radius 2 is 1.70 bits per heavy atom. The van der Waals surface area contributed by atoms with Crippen LogP contribution in [-0.4, -0.2) is 9.55 Å². The molecule has 0 saturated carbocycles. The Morgan fingerprint density at radius 3 is 2.33 bits per heavy atom. The summed E-state index contributed by atoms with van der Waals surface area (Å²) in [5, 5.41) is 9.75. The zero-order chi connectivity index (χ0) is 23.4. The third-order valence-electron chi connectivity index (χ3n) is 6.09. The van der Waals surface area contributed by atoms with Gasteiger partial charge in [0, 0.05) is 12.6 Å². The molecule has 1 atom stereocenters. The summed E-state index contributed by atoms with van der Waals surface area (Å²) in [6.45, 7) is 6.94. The fourth-order valence-electron chi connectivity index (χ4n) is 4.07. The SMILES string of the molecule is Cc1ccccc1-c1cc([C@@H](OCc2ccc(C(C)C)cc2)c2cncn2C)ccc1C#N. The summed E-state index contributed by atoms with van der Waals surface area (Å²) in [7, 11) is 1.97. The second kappa shape index (κ2) is 9.85. The highest BCUT2D eigenvalue weighted by Gasteiger charge is 2.21. The molecular weight excluding hydrogens is 406 g/mol. The maximum atomic E-state index is 9.75. The third-order valence-corrected chi connectivity index (χ3v) is 6.09. The van der Waals surface area contributed by atoms with Crippen molar-refractivity contribution in [3.63, 3.8) is 0 Å². The molecular formula is C29H29N3O. The van der Waals surface area contributed by atoms with Gasteiger partial charge in [0.1, 0.15) is 6.10 Å². The van der Waals surface area contributed by atoms with Crippen LogP contribution in [-0.2, 0) is 18.4 Å². The Bertz CT molecular complexity index is 1280. The molecule has 0 aliphatic heterocycles. The quantitative estimate of drug-likeness (QED) is 0.325. The number of hydrogen-bond acceptors (Lipinski definition) is 3. The Labute approximate surface area is 196 Å². The van der Waals surface area contributed by atoms with Crippen molar-refractivity contribution < 1.29 is 4.74 Å². The fraction of sp³-hybridized carbons (Fsp3) is 0.241. The van der Waals surface area contributed by atoms with E-state index in [4.69, 9.17) is 4.74 Å². The maximum Gasteiger partial charge on any atom is 0.124 e. The Hall–Kier alpha value is -3.68. The van der Waals surface area contributed by atoms with Crippen molar-refractivity contribution in [3.8, 4) is 17.2 Å². The number of benzene rings is 3. The number of rotatable bonds is 7. The van der Waals surface area contributed by atoms with Gasteiger partial charge in [-0.3, -0.25) is 0 Å². The molecule has 0 fully saturated rings. The lowest BCUT2D eigenvalue weighted by Gasteiger charge is -2.21. The normalized spacial score (nSPS) is 12.0. The molecule has 0 N–H and O–H groups in total. The van der Waals surface area contributed by atoms with Crippen molar-refractivity contribution in [1.82, 2.24) is 9.55 Å². The largest absolute Gasteiger partial charge is 0.363 e. The van der Waals surface area contributed by atoms with Crippen LogP contribution in [0.4, 0.5) is 0 Å².